The van der Waals surface area contributed by atoms with Crippen molar-refractivity contribution in [2.24, 2.45) is 4.99 Å². The van der Waals surface area contributed by atoms with Gasteiger partial charge in [-0.1, -0.05) is 17.7 Å². The summed E-state index contributed by atoms with van der Waals surface area (Å²) in [6, 6.07) is 4.47. The Morgan fingerprint density at radius 3 is 2.59 bits per heavy atom. The minimum Gasteiger partial charge on any atom is -0.493 e. The van der Waals surface area contributed by atoms with Crippen LogP contribution in [-0.2, 0) is 0 Å². The summed E-state index contributed by atoms with van der Waals surface area (Å²) in [5.74, 6) is -3.70. The third-order valence-corrected chi connectivity index (χ3v) is 5.28. The molecule has 0 amide bonds. The van der Waals surface area contributed by atoms with Gasteiger partial charge in [-0.25, -0.2) is 18.0 Å². The van der Waals surface area contributed by atoms with E-state index in [2.05, 4.69) is 9.98 Å². The van der Waals surface area contributed by atoms with E-state index in [1.54, 1.807) is 0 Å². The Morgan fingerprint density at radius 2 is 1.97 bits per heavy atom. The number of fused-ring (bicyclic) bond motifs is 1. The molecule has 4 rings (SSSR count). The van der Waals surface area contributed by atoms with Gasteiger partial charge in [0.25, 0.3) is 0 Å². The van der Waals surface area contributed by atoms with Crippen LogP contribution >= 0.6 is 11.6 Å². The smallest absolute Gasteiger partial charge is 0.329 e. The van der Waals surface area contributed by atoms with Gasteiger partial charge in [0.1, 0.15) is 34.6 Å². The number of aromatic hydroxyl groups is 1. The molecule has 162 valence electrons. The zero-order valence-electron chi connectivity index (χ0n) is 15.9. The predicted octanol–water partition coefficient (Wildman–Crippen LogP) is 3.66. The fourth-order valence-corrected chi connectivity index (χ4v) is 3.60. The van der Waals surface area contributed by atoms with Crippen LogP contribution < -0.4 is 5.69 Å². The first-order chi connectivity index (χ1) is 15.3. The van der Waals surface area contributed by atoms with Crippen LogP contribution in [0.5, 0.6) is 5.88 Å². The van der Waals surface area contributed by atoms with Crippen molar-refractivity contribution in [3.05, 3.63) is 79.6 Å². The molecule has 32 heavy (non-hydrogen) atoms. The van der Waals surface area contributed by atoms with Crippen molar-refractivity contribution in [3.63, 3.8) is 0 Å². The largest absolute Gasteiger partial charge is 0.493 e. The van der Waals surface area contributed by atoms with E-state index >= 15 is 0 Å². The van der Waals surface area contributed by atoms with E-state index in [-0.39, 0.29) is 22.0 Å². The number of rotatable bonds is 4. The second-order valence-corrected chi connectivity index (χ2v) is 7.23. The standard InChI is InChI=1S/C21H12ClF3N4O3/c22-13-2-1-11-10(7-27-19(11)18(13)25)5-16-20(31)29(21(32)28-16)17(8-30)9-3-14(23)12(6-26)15(24)4-9/h1-5,7,17,30-31H,8H2,(H,28,32)/b10-5+. The van der Waals surface area contributed by atoms with Crippen molar-refractivity contribution in [1.29, 1.82) is 5.26 Å². The highest BCUT2D eigenvalue weighted by molar-refractivity contribution is 6.31. The zero-order valence-corrected chi connectivity index (χ0v) is 16.7. The van der Waals surface area contributed by atoms with Gasteiger partial charge in [0.05, 0.1) is 17.7 Å². The second-order valence-electron chi connectivity index (χ2n) is 6.82. The maximum absolute atomic E-state index is 14.1. The van der Waals surface area contributed by atoms with E-state index in [0.29, 0.717) is 15.7 Å². The number of halogens is 4. The number of aliphatic hydroxyl groups is 1. The zero-order chi connectivity index (χ0) is 23.2. The molecule has 1 aromatic heterocycles. The number of hydrogen-bond acceptors (Lipinski definition) is 5. The molecule has 1 aliphatic heterocycles. The minimum atomic E-state index is -1.36. The fraction of sp³-hybridized carbons (Fsp3) is 0.0952. The Kier molecular flexibility index (Phi) is 5.38. The molecule has 1 aliphatic rings. The van der Waals surface area contributed by atoms with Crippen LogP contribution in [0, 0.1) is 28.8 Å². The number of aliphatic imine (C=N–C) groups is 1. The lowest BCUT2D eigenvalue weighted by Crippen LogP contribution is -2.25. The maximum atomic E-state index is 14.1. The SMILES string of the molecule is N#Cc1c(F)cc(C(CO)n2c(O)c(/C=C3\C=Nc4c3ccc(Cl)c4F)[nH]c2=O)cc1F. The number of imidazole rings is 1. The molecule has 3 N–H and O–H groups in total. The number of nitriles is 1. The molecule has 11 heteroatoms. The summed E-state index contributed by atoms with van der Waals surface area (Å²) in [7, 11) is 0. The number of aromatic nitrogens is 2. The quantitative estimate of drug-likeness (QED) is 0.551. The topological polar surface area (TPSA) is 114 Å². The highest BCUT2D eigenvalue weighted by atomic mass is 35.5. The lowest BCUT2D eigenvalue weighted by atomic mass is 10.0. The lowest BCUT2D eigenvalue weighted by Gasteiger charge is -2.17. The Hall–Kier alpha value is -3.81. The van der Waals surface area contributed by atoms with Crippen molar-refractivity contribution >= 4 is 35.2 Å². The van der Waals surface area contributed by atoms with Crippen LogP contribution in [0.25, 0.3) is 11.6 Å². The third kappa shape index (κ3) is 3.37. The Labute approximate surface area is 183 Å². The van der Waals surface area contributed by atoms with Crippen molar-refractivity contribution in [2.75, 3.05) is 6.61 Å². The first-order valence-corrected chi connectivity index (χ1v) is 9.42. The number of hydrogen-bond donors (Lipinski definition) is 3. The fourth-order valence-electron chi connectivity index (χ4n) is 3.45. The maximum Gasteiger partial charge on any atom is 0.329 e. The highest BCUT2D eigenvalue weighted by Gasteiger charge is 2.25. The molecular formula is C21H12ClF3N4O3. The van der Waals surface area contributed by atoms with Crippen LogP contribution in [0.4, 0.5) is 18.9 Å². The van der Waals surface area contributed by atoms with E-state index in [1.807, 2.05) is 0 Å². The van der Waals surface area contributed by atoms with Crippen molar-refractivity contribution in [1.82, 2.24) is 9.55 Å². The van der Waals surface area contributed by atoms with E-state index < -0.39 is 47.2 Å². The summed E-state index contributed by atoms with van der Waals surface area (Å²) in [5, 5.41) is 29.1. The molecule has 0 radical (unpaired) electrons. The van der Waals surface area contributed by atoms with E-state index in [1.165, 1.54) is 30.5 Å². The average Bonchev–Trinajstić information content (AvgIpc) is 3.27. The molecule has 1 unspecified atom stereocenters. The van der Waals surface area contributed by atoms with Gasteiger partial charge in [-0.05, 0) is 29.8 Å². The van der Waals surface area contributed by atoms with Gasteiger partial charge >= 0.3 is 5.69 Å². The molecule has 2 heterocycles. The summed E-state index contributed by atoms with van der Waals surface area (Å²) in [5.41, 5.74) is -1.25. The first kappa shape index (κ1) is 21.4. The normalized spacial score (nSPS) is 14.6. The van der Waals surface area contributed by atoms with E-state index in [9.17, 15) is 28.2 Å². The van der Waals surface area contributed by atoms with Crippen LogP contribution in [0.15, 0.2) is 34.1 Å². The number of H-pyrrole nitrogens is 1. The third-order valence-electron chi connectivity index (χ3n) is 4.99. The monoisotopic (exact) mass is 460 g/mol. The molecule has 0 saturated heterocycles. The molecule has 7 nitrogen and oxygen atoms in total. The van der Waals surface area contributed by atoms with Crippen molar-refractivity contribution in [3.8, 4) is 11.9 Å². The minimum absolute atomic E-state index is 0.00165. The van der Waals surface area contributed by atoms with Crippen LogP contribution in [0.2, 0.25) is 5.02 Å². The molecule has 0 bridgehead atoms. The molecular weight excluding hydrogens is 449 g/mol. The van der Waals surface area contributed by atoms with Crippen molar-refractivity contribution in [2.45, 2.75) is 6.04 Å². The molecule has 3 aromatic rings. The summed E-state index contributed by atoms with van der Waals surface area (Å²) in [6.07, 6.45) is 2.64. The van der Waals surface area contributed by atoms with E-state index in [4.69, 9.17) is 16.9 Å². The molecule has 1 atom stereocenters. The summed E-state index contributed by atoms with van der Waals surface area (Å²) < 4.78 is 42.9. The number of nitrogens with zero attached hydrogens (tertiary/aromatic N) is 3. The molecule has 0 fully saturated rings. The van der Waals surface area contributed by atoms with Crippen LogP contribution in [0.3, 0.4) is 0 Å². The predicted molar refractivity (Wildman–Crippen MR) is 110 cm³/mol. The van der Waals surface area contributed by atoms with Crippen LogP contribution in [0.1, 0.15) is 28.4 Å². The van der Waals surface area contributed by atoms with Gasteiger partial charge in [0.2, 0.25) is 5.88 Å². The molecule has 2 aromatic carbocycles. The Morgan fingerprint density at radius 1 is 1.28 bits per heavy atom. The van der Waals surface area contributed by atoms with Gasteiger partial charge in [-0.2, -0.15) is 5.26 Å². The van der Waals surface area contributed by atoms with E-state index in [0.717, 1.165) is 12.1 Å². The second kappa shape index (κ2) is 8.03. The molecule has 0 aliphatic carbocycles. The lowest BCUT2D eigenvalue weighted by molar-refractivity contribution is 0.236. The Balaban J connectivity index is 1.79. The average molecular weight is 461 g/mol. The molecule has 0 saturated carbocycles. The van der Waals surface area contributed by atoms with Crippen molar-refractivity contribution < 1.29 is 23.4 Å². The summed E-state index contributed by atoms with van der Waals surface area (Å²) in [4.78, 5) is 18.8. The van der Waals surface area contributed by atoms with Gasteiger partial charge < -0.3 is 15.2 Å². The van der Waals surface area contributed by atoms with Gasteiger partial charge in [0, 0.05) is 17.4 Å². The number of allylic oxidation sites excluding steroid dienone is 1. The van der Waals surface area contributed by atoms with Gasteiger partial charge in [-0.15, -0.1) is 0 Å². The van der Waals surface area contributed by atoms with Gasteiger partial charge in [-0.3, -0.25) is 9.56 Å². The summed E-state index contributed by atoms with van der Waals surface area (Å²) in [6.45, 7) is -0.792. The first-order valence-electron chi connectivity index (χ1n) is 9.04. The van der Waals surface area contributed by atoms with Gasteiger partial charge in [0.15, 0.2) is 5.82 Å². The number of aliphatic hydroxyl groups excluding tert-OH is 1. The van der Waals surface area contributed by atoms with Crippen LogP contribution in [-0.4, -0.2) is 32.6 Å². The number of nitrogens with one attached hydrogen (secondary N) is 1. The highest BCUT2D eigenvalue weighted by Crippen LogP contribution is 2.38. The number of aromatic amines is 1. The molecule has 0 spiro atoms. The number of benzene rings is 2. The Bertz CT molecular complexity index is 1400. The summed E-state index contributed by atoms with van der Waals surface area (Å²) >= 11 is 5.75.